The van der Waals surface area contributed by atoms with Crippen LogP contribution in [0.4, 0.5) is 5.69 Å². The van der Waals surface area contributed by atoms with Gasteiger partial charge in [-0.15, -0.1) is 0 Å². The lowest BCUT2D eigenvalue weighted by Crippen LogP contribution is -2.35. The third-order valence-corrected chi connectivity index (χ3v) is 5.17. The van der Waals surface area contributed by atoms with Crippen LogP contribution in [0, 0.1) is 0 Å². The Morgan fingerprint density at radius 2 is 1.69 bits per heavy atom. The van der Waals surface area contributed by atoms with Crippen LogP contribution in [0.5, 0.6) is 0 Å². The molecule has 0 aliphatic carbocycles. The van der Waals surface area contributed by atoms with Crippen LogP contribution < -0.4 is 4.72 Å². The maximum absolute atomic E-state index is 11.2. The van der Waals surface area contributed by atoms with E-state index in [4.69, 9.17) is 0 Å². The molecule has 0 aromatic heterocycles. The molecule has 6 heteroatoms. The Balaban J connectivity index is 2.31. The number of aryl methyl sites for hydroxylation is 1. The fourth-order valence-electron chi connectivity index (χ4n) is 3.06. The molecule has 0 saturated carbocycles. The molecule has 0 fully saturated rings. The normalized spacial score (nSPS) is 13.1. The highest BCUT2D eigenvalue weighted by atomic mass is 32.2. The molecule has 150 valence electrons. The molecule has 0 spiro atoms. The molecule has 2 N–H and O–H groups in total. The first-order chi connectivity index (χ1) is 12.4. The van der Waals surface area contributed by atoms with Gasteiger partial charge < -0.3 is 5.11 Å². The number of anilines is 1. The van der Waals surface area contributed by atoms with Gasteiger partial charge in [-0.05, 0) is 49.9 Å². The van der Waals surface area contributed by atoms with Gasteiger partial charge in [0.1, 0.15) is 6.23 Å². The lowest BCUT2D eigenvalue weighted by Gasteiger charge is -2.26. The van der Waals surface area contributed by atoms with E-state index in [-0.39, 0.29) is 6.23 Å². The second-order valence-electron chi connectivity index (χ2n) is 6.99. The molecule has 0 aliphatic heterocycles. The predicted octanol–water partition coefficient (Wildman–Crippen LogP) is 3.99. The van der Waals surface area contributed by atoms with Crippen LogP contribution in [-0.4, -0.2) is 44.0 Å². The quantitative estimate of drug-likeness (QED) is 0.376. The highest BCUT2D eigenvalue weighted by Gasteiger charge is 2.13. The van der Waals surface area contributed by atoms with Crippen molar-refractivity contribution in [3.63, 3.8) is 0 Å². The molecule has 26 heavy (non-hydrogen) atoms. The summed E-state index contributed by atoms with van der Waals surface area (Å²) in [5, 5.41) is 10.4. The molecule has 0 amide bonds. The average molecular weight is 385 g/mol. The molecule has 0 heterocycles. The molecule has 0 saturated heterocycles. The van der Waals surface area contributed by atoms with Crippen LogP contribution in [0.2, 0.25) is 0 Å². The summed E-state index contributed by atoms with van der Waals surface area (Å²) >= 11 is 0. The number of aliphatic hydroxyl groups excluding tert-OH is 1. The van der Waals surface area contributed by atoms with Crippen molar-refractivity contribution in [1.29, 1.82) is 0 Å². The van der Waals surface area contributed by atoms with E-state index < -0.39 is 10.0 Å². The second-order valence-corrected chi connectivity index (χ2v) is 8.74. The number of hydrogen-bond donors (Lipinski definition) is 2. The Bertz CT molecular complexity index is 588. The number of sulfonamides is 1. The molecule has 0 bridgehead atoms. The van der Waals surface area contributed by atoms with E-state index in [9.17, 15) is 13.5 Å². The Hall–Kier alpha value is -1.11. The van der Waals surface area contributed by atoms with Crippen LogP contribution >= 0.6 is 0 Å². The summed E-state index contributed by atoms with van der Waals surface area (Å²) in [7, 11) is -3.23. The Morgan fingerprint density at radius 3 is 2.27 bits per heavy atom. The summed E-state index contributed by atoms with van der Waals surface area (Å²) in [6.07, 6.45) is 9.55. The van der Waals surface area contributed by atoms with Gasteiger partial charge in [-0.25, -0.2) is 8.42 Å². The number of rotatable bonds is 14. The summed E-state index contributed by atoms with van der Waals surface area (Å²) in [4.78, 5) is 2.16. The topological polar surface area (TPSA) is 69.6 Å². The zero-order valence-corrected chi connectivity index (χ0v) is 17.4. The van der Waals surface area contributed by atoms with Gasteiger partial charge in [0, 0.05) is 12.2 Å². The van der Waals surface area contributed by atoms with Crippen molar-refractivity contribution in [3.05, 3.63) is 29.8 Å². The minimum absolute atomic E-state index is 0.377. The van der Waals surface area contributed by atoms with E-state index in [0.717, 1.165) is 50.6 Å². The minimum Gasteiger partial charge on any atom is -0.378 e. The summed E-state index contributed by atoms with van der Waals surface area (Å²) in [6, 6.07) is 7.43. The van der Waals surface area contributed by atoms with Crippen LogP contribution in [-0.2, 0) is 16.4 Å². The van der Waals surface area contributed by atoms with Crippen LogP contribution in [0.1, 0.15) is 64.4 Å². The van der Waals surface area contributed by atoms with Gasteiger partial charge in [0.15, 0.2) is 0 Å². The molecule has 1 aromatic carbocycles. The van der Waals surface area contributed by atoms with Crippen molar-refractivity contribution >= 4 is 15.7 Å². The monoisotopic (exact) mass is 384 g/mol. The fourth-order valence-corrected chi connectivity index (χ4v) is 3.63. The van der Waals surface area contributed by atoms with Crippen molar-refractivity contribution in [2.24, 2.45) is 0 Å². The second kappa shape index (κ2) is 12.3. The molecule has 0 radical (unpaired) electrons. The van der Waals surface area contributed by atoms with E-state index >= 15 is 0 Å². The molecular formula is C20H36N2O3S. The van der Waals surface area contributed by atoms with Crippen molar-refractivity contribution in [2.45, 2.75) is 71.4 Å². The first-order valence-electron chi connectivity index (χ1n) is 9.84. The van der Waals surface area contributed by atoms with Gasteiger partial charge in [-0.3, -0.25) is 9.62 Å². The third-order valence-electron chi connectivity index (χ3n) is 4.56. The maximum atomic E-state index is 11.2. The highest BCUT2D eigenvalue weighted by Crippen LogP contribution is 2.14. The molecule has 1 atom stereocenters. The zero-order chi connectivity index (χ0) is 19.4. The maximum Gasteiger partial charge on any atom is 0.229 e. The molecule has 0 aliphatic rings. The van der Waals surface area contributed by atoms with Crippen LogP contribution in [0.25, 0.3) is 0 Å². The Kier molecular flexibility index (Phi) is 10.9. The third kappa shape index (κ3) is 10.1. The van der Waals surface area contributed by atoms with Gasteiger partial charge in [-0.2, -0.15) is 0 Å². The Labute approximate surface area is 159 Å². The Morgan fingerprint density at radius 1 is 1.04 bits per heavy atom. The van der Waals surface area contributed by atoms with E-state index in [0.29, 0.717) is 5.69 Å². The summed E-state index contributed by atoms with van der Waals surface area (Å²) < 4.78 is 24.9. The number of aliphatic hydroxyl groups is 1. The minimum atomic E-state index is -3.23. The molecular weight excluding hydrogens is 348 g/mol. The average Bonchev–Trinajstić information content (AvgIpc) is 2.58. The van der Waals surface area contributed by atoms with Gasteiger partial charge in [0.05, 0.1) is 6.26 Å². The van der Waals surface area contributed by atoms with Gasteiger partial charge >= 0.3 is 0 Å². The summed E-state index contributed by atoms with van der Waals surface area (Å²) in [5.41, 5.74) is 1.73. The van der Waals surface area contributed by atoms with Gasteiger partial charge in [0.2, 0.25) is 10.0 Å². The fraction of sp³-hybridized carbons (Fsp3) is 0.700. The predicted molar refractivity (Wildman–Crippen MR) is 110 cm³/mol. The SMILES string of the molecule is CCCCCCCN(CC)C(O)CCCc1ccc(NS(C)(=O)=O)cc1. The molecule has 5 nitrogen and oxygen atoms in total. The lowest BCUT2D eigenvalue weighted by molar-refractivity contribution is -0.00124. The standard InChI is InChI=1S/C20H36N2O3S/c1-4-6-7-8-9-17-22(5-2)20(23)12-10-11-18-13-15-19(16-14-18)21-26(3,24)25/h13-16,20-21,23H,4-12,17H2,1-3H3. The van der Waals surface area contributed by atoms with E-state index in [2.05, 4.69) is 23.5 Å². The highest BCUT2D eigenvalue weighted by molar-refractivity contribution is 7.92. The van der Waals surface area contributed by atoms with Crippen molar-refractivity contribution in [2.75, 3.05) is 24.1 Å². The zero-order valence-electron chi connectivity index (χ0n) is 16.6. The van der Waals surface area contributed by atoms with Crippen LogP contribution in [0.3, 0.4) is 0 Å². The smallest absolute Gasteiger partial charge is 0.229 e. The van der Waals surface area contributed by atoms with Crippen molar-refractivity contribution in [1.82, 2.24) is 4.90 Å². The summed E-state index contributed by atoms with van der Waals surface area (Å²) in [5.74, 6) is 0. The largest absolute Gasteiger partial charge is 0.378 e. The number of nitrogens with one attached hydrogen (secondary N) is 1. The van der Waals surface area contributed by atoms with Gasteiger partial charge in [-0.1, -0.05) is 51.7 Å². The van der Waals surface area contributed by atoms with Crippen LogP contribution in [0.15, 0.2) is 24.3 Å². The number of benzene rings is 1. The van der Waals surface area contributed by atoms with Gasteiger partial charge in [0.25, 0.3) is 0 Å². The number of unbranched alkanes of at least 4 members (excludes halogenated alkanes) is 4. The van der Waals surface area contributed by atoms with Crippen molar-refractivity contribution in [3.8, 4) is 0 Å². The molecule has 1 unspecified atom stereocenters. The van der Waals surface area contributed by atoms with E-state index in [1.165, 1.54) is 25.7 Å². The molecule has 1 aromatic rings. The van der Waals surface area contributed by atoms with Crippen molar-refractivity contribution < 1.29 is 13.5 Å². The number of nitrogens with zero attached hydrogens (tertiary/aromatic N) is 1. The molecule has 1 rings (SSSR count). The van der Waals surface area contributed by atoms with E-state index in [1.807, 2.05) is 12.1 Å². The van der Waals surface area contributed by atoms with E-state index in [1.54, 1.807) is 12.1 Å². The number of hydrogen-bond acceptors (Lipinski definition) is 4. The first-order valence-corrected chi connectivity index (χ1v) is 11.7. The lowest BCUT2D eigenvalue weighted by atomic mass is 10.1. The summed E-state index contributed by atoms with van der Waals surface area (Å²) in [6.45, 7) is 6.16. The first kappa shape index (κ1) is 22.9.